The van der Waals surface area contributed by atoms with Gasteiger partial charge in [-0.2, -0.15) is 0 Å². The van der Waals surface area contributed by atoms with Crippen molar-refractivity contribution in [2.45, 2.75) is 44.9 Å². The second-order valence-electron chi connectivity index (χ2n) is 5.42. The minimum absolute atomic E-state index is 0.171. The summed E-state index contributed by atoms with van der Waals surface area (Å²) in [5.74, 6) is 0.611. The van der Waals surface area contributed by atoms with Crippen LogP contribution in [0.15, 0.2) is 4.79 Å². The first-order valence-electron chi connectivity index (χ1n) is 6.75. The third-order valence-electron chi connectivity index (χ3n) is 4.36. The first-order valence-corrected chi connectivity index (χ1v) is 6.75. The number of aromatic nitrogens is 1. The monoisotopic (exact) mass is 232 g/mol. The predicted molar refractivity (Wildman–Crippen MR) is 68.3 cm³/mol. The Morgan fingerprint density at radius 2 is 1.88 bits per heavy atom. The molecular weight excluding hydrogens is 212 g/mol. The van der Waals surface area contributed by atoms with E-state index >= 15 is 0 Å². The molecule has 1 atom stereocenters. The second-order valence-corrected chi connectivity index (χ2v) is 5.42. The highest BCUT2D eigenvalue weighted by atomic mass is 16.1. The highest BCUT2D eigenvalue weighted by Gasteiger charge is 2.25. The lowest BCUT2D eigenvalue weighted by molar-refractivity contribution is 0.456. The third-order valence-corrected chi connectivity index (χ3v) is 4.36. The van der Waals surface area contributed by atoms with E-state index in [1.807, 2.05) is 0 Å². The van der Waals surface area contributed by atoms with Crippen LogP contribution >= 0.6 is 0 Å². The maximum absolute atomic E-state index is 12.0. The van der Waals surface area contributed by atoms with Crippen LogP contribution in [0.4, 0.5) is 0 Å². The van der Waals surface area contributed by atoms with Crippen LogP contribution in [-0.2, 0) is 25.7 Å². The fraction of sp³-hybridized carbons (Fsp3) is 0.643. The quantitative estimate of drug-likeness (QED) is 0.767. The molecule has 17 heavy (non-hydrogen) atoms. The summed E-state index contributed by atoms with van der Waals surface area (Å²) in [4.78, 5) is 15.1. The zero-order valence-electron chi connectivity index (χ0n) is 10.2. The smallest absolute Gasteiger partial charge is 0.251 e. The molecule has 2 aliphatic rings. The number of fused-ring (bicyclic) bond motifs is 3. The molecule has 1 unspecified atom stereocenters. The fourth-order valence-corrected chi connectivity index (χ4v) is 3.36. The van der Waals surface area contributed by atoms with E-state index in [0.717, 1.165) is 50.6 Å². The molecule has 2 aliphatic carbocycles. The lowest BCUT2D eigenvalue weighted by atomic mass is 9.80. The Hall–Kier alpha value is -1.09. The van der Waals surface area contributed by atoms with E-state index in [2.05, 4.69) is 4.98 Å². The zero-order valence-corrected chi connectivity index (χ0v) is 10.2. The number of hydrogen-bond donors (Lipinski definition) is 2. The molecule has 1 aromatic rings. The Morgan fingerprint density at radius 3 is 2.65 bits per heavy atom. The lowest BCUT2D eigenvalue weighted by Crippen LogP contribution is -2.29. The van der Waals surface area contributed by atoms with Crippen LogP contribution in [0.5, 0.6) is 0 Å². The van der Waals surface area contributed by atoms with Crippen LogP contribution in [0.2, 0.25) is 0 Å². The predicted octanol–water partition coefficient (Wildman–Crippen LogP) is 1.32. The second kappa shape index (κ2) is 4.30. The average Bonchev–Trinajstić information content (AvgIpc) is 2.39. The van der Waals surface area contributed by atoms with Gasteiger partial charge in [-0.1, -0.05) is 0 Å². The number of pyridine rings is 1. The van der Waals surface area contributed by atoms with E-state index in [-0.39, 0.29) is 5.56 Å². The van der Waals surface area contributed by atoms with Gasteiger partial charge in [-0.3, -0.25) is 4.79 Å². The maximum atomic E-state index is 12.0. The number of aryl methyl sites for hydroxylation is 1. The Balaban J connectivity index is 2.11. The number of rotatable bonds is 1. The molecule has 1 aromatic heterocycles. The van der Waals surface area contributed by atoms with Gasteiger partial charge in [0.05, 0.1) is 0 Å². The molecule has 3 heteroatoms. The minimum atomic E-state index is 0.171. The Labute approximate surface area is 101 Å². The normalized spacial score (nSPS) is 23.0. The summed E-state index contributed by atoms with van der Waals surface area (Å²) in [5, 5.41) is 0. The Kier molecular flexibility index (Phi) is 2.79. The first kappa shape index (κ1) is 11.0. The van der Waals surface area contributed by atoms with Crippen molar-refractivity contribution in [3.05, 3.63) is 32.7 Å². The van der Waals surface area contributed by atoms with Gasteiger partial charge < -0.3 is 10.7 Å². The molecule has 3 N–H and O–H groups in total. The molecule has 3 nitrogen and oxygen atoms in total. The average molecular weight is 232 g/mol. The fourth-order valence-electron chi connectivity index (χ4n) is 3.36. The molecule has 0 saturated heterocycles. The molecule has 0 radical (unpaired) electrons. The Bertz CT molecular complexity index is 490. The molecule has 0 spiro atoms. The van der Waals surface area contributed by atoms with Crippen molar-refractivity contribution < 1.29 is 0 Å². The van der Waals surface area contributed by atoms with E-state index in [0.29, 0.717) is 5.92 Å². The standard InChI is InChI=1S/C14H20N2O/c15-8-9-5-6-13-12(7-9)10-3-1-2-4-11(10)14(17)16-13/h9H,1-8,15H2,(H,16,17). The van der Waals surface area contributed by atoms with Gasteiger partial charge in [-0.25, -0.2) is 0 Å². The molecule has 0 aliphatic heterocycles. The van der Waals surface area contributed by atoms with Crippen molar-refractivity contribution in [3.63, 3.8) is 0 Å². The van der Waals surface area contributed by atoms with Crippen LogP contribution in [-0.4, -0.2) is 11.5 Å². The summed E-state index contributed by atoms with van der Waals surface area (Å²) in [7, 11) is 0. The van der Waals surface area contributed by atoms with Gasteiger partial charge in [0.2, 0.25) is 0 Å². The molecule has 0 saturated carbocycles. The summed E-state index contributed by atoms with van der Waals surface area (Å²) in [6, 6.07) is 0. The SMILES string of the molecule is NCC1CCc2[nH]c(=O)c3c(c2C1)CCCC3. The van der Waals surface area contributed by atoms with Crippen molar-refractivity contribution in [3.8, 4) is 0 Å². The van der Waals surface area contributed by atoms with Gasteiger partial charge in [0, 0.05) is 11.3 Å². The van der Waals surface area contributed by atoms with Gasteiger partial charge in [0.15, 0.2) is 0 Å². The van der Waals surface area contributed by atoms with Crippen LogP contribution in [0.1, 0.15) is 41.6 Å². The number of H-pyrrole nitrogens is 1. The van der Waals surface area contributed by atoms with E-state index < -0.39 is 0 Å². The third kappa shape index (κ3) is 1.82. The number of nitrogens with two attached hydrogens (primary N) is 1. The van der Waals surface area contributed by atoms with Gasteiger partial charge in [0.25, 0.3) is 5.56 Å². The van der Waals surface area contributed by atoms with Crippen molar-refractivity contribution in [2.75, 3.05) is 6.54 Å². The summed E-state index contributed by atoms with van der Waals surface area (Å²) in [5.41, 5.74) is 11.0. The van der Waals surface area contributed by atoms with Crippen molar-refractivity contribution in [1.82, 2.24) is 4.98 Å². The number of aromatic amines is 1. The zero-order chi connectivity index (χ0) is 11.8. The minimum Gasteiger partial charge on any atom is -0.330 e. The van der Waals surface area contributed by atoms with E-state index in [9.17, 15) is 4.79 Å². The van der Waals surface area contributed by atoms with Gasteiger partial charge in [-0.15, -0.1) is 0 Å². The van der Waals surface area contributed by atoms with Crippen LogP contribution in [0.25, 0.3) is 0 Å². The van der Waals surface area contributed by atoms with Gasteiger partial charge >= 0.3 is 0 Å². The molecule has 0 fully saturated rings. The Morgan fingerprint density at radius 1 is 1.12 bits per heavy atom. The summed E-state index contributed by atoms with van der Waals surface area (Å²) >= 11 is 0. The molecule has 3 rings (SSSR count). The summed E-state index contributed by atoms with van der Waals surface area (Å²) in [6.07, 6.45) is 7.65. The number of hydrogen-bond acceptors (Lipinski definition) is 2. The van der Waals surface area contributed by atoms with Crippen molar-refractivity contribution in [1.29, 1.82) is 0 Å². The van der Waals surface area contributed by atoms with Crippen molar-refractivity contribution >= 4 is 0 Å². The van der Waals surface area contributed by atoms with E-state index in [4.69, 9.17) is 5.73 Å². The molecule has 0 amide bonds. The van der Waals surface area contributed by atoms with Crippen LogP contribution in [0, 0.1) is 5.92 Å². The molecule has 0 aromatic carbocycles. The van der Waals surface area contributed by atoms with E-state index in [1.54, 1.807) is 0 Å². The summed E-state index contributed by atoms with van der Waals surface area (Å²) in [6.45, 7) is 0.771. The highest BCUT2D eigenvalue weighted by molar-refractivity contribution is 5.39. The number of nitrogens with one attached hydrogen (secondary N) is 1. The lowest BCUT2D eigenvalue weighted by Gasteiger charge is -2.28. The summed E-state index contributed by atoms with van der Waals surface area (Å²) < 4.78 is 0. The van der Waals surface area contributed by atoms with Gasteiger partial charge in [0.1, 0.15) is 0 Å². The maximum Gasteiger partial charge on any atom is 0.251 e. The van der Waals surface area contributed by atoms with Crippen LogP contribution in [0.3, 0.4) is 0 Å². The van der Waals surface area contributed by atoms with Crippen LogP contribution < -0.4 is 11.3 Å². The molecule has 1 heterocycles. The molecular formula is C14H20N2O. The molecule has 92 valence electrons. The largest absolute Gasteiger partial charge is 0.330 e. The highest BCUT2D eigenvalue weighted by Crippen LogP contribution is 2.30. The first-order chi connectivity index (χ1) is 8.29. The van der Waals surface area contributed by atoms with Crippen molar-refractivity contribution in [2.24, 2.45) is 11.7 Å². The van der Waals surface area contributed by atoms with Gasteiger partial charge in [-0.05, 0) is 68.5 Å². The molecule has 0 bridgehead atoms. The van der Waals surface area contributed by atoms with E-state index in [1.165, 1.54) is 23.2 Å². The topological polar surface area (TPSA) is 58.9 Å².